The van der Waals surface area contributed by atoms with Crippen molar-refractivity contribution in [3.05, 3.63) is 0 Å². The van der Waals surface area contributed by atoms with Crippen LogP contribution in [0.3, 0.4) is 0 Å². The summed E-state index contributed by atoms with van der Waals surface area (Å²) in [5.74, 6) is -0.0183. The van der Waals surface area contributed by atoms with Gasteiger partial charge in [0.1, 0.15) is 0 Å². The van der Waals surface area contributed by atoms with Gasteiger partial charge in [-0.05, 0) is 19.3 Å². The van der Waals surface area contributed by atoms with Crippen LogP contribution < -0.4 is 0 Å². The van der Waals surface area contributed by atoms with Gasteiger partial charge in [0.15, 0.2) is 0 Å². The van der Waals surface area contributed by atoms with Crippen molar-refractivity contribution in [3.8, 4) is 0 Å². The first-order valence-electron chi connectivity index (χ1n) is 5.36. The zero-order valence-electron chi connectivity index (χ0n) is 8.89. The minimum absolute atomic E-state index is 0.0183. The Morgan fingerprint density at radius 3 is 2.53 bits per heavy atom. The van der Waals surface area contributed by atoms with Crippen LogP contribution in [0.4, 0.5) is 0 Å². The standard InChI is InChI=1S/C10H18N2O3/c13-7-6-11(9-14)8-10(15)12-4-2-1-3-5-12/h9,13H,1-8H2. The molecule has 1 aliphatic rings. The molecular weight excluding hydrogens is 196 g/mol. The second-order valence-corrected chi connectivity index (χ2v) is 3.74. The number of hydrogen-bond acceptors (Lipinski definition) is 3. The summed E-state index contributed by atoms with van der Waals surface area (Å²) < 4.78 is 0. The number of likely N-dealkylation sites (tertiary alicyclic amines) is 1. The molecule has 1 saturated heterocycles. The van der Waals surface area contributed by atoms with E-state index in [0.29, 0.717) is 6.41 Å². The van der Waals surface area contributed by atoms with E-state index in [9.17, 15) is 9.59 Å². The van der Waals surface area contributed by atoms with Crippen LogP contribution in [0.2, 0.25) is 0 Å². The number of carbonyl (C=O) groups is 2. The van der Waals surface area contributed by atoms with Gasteiger partial charge in [-0.3, -0.25) is 9.59 Å². The summed E-state index contributed by atoms with van der Waals surface area (Å²) in [7, 11) is 0. The first kappa shape index (κ1) is 12.0. The van der Waals surface area contributed by atoms with Crippen molar-refractivity contribution in [2.24, 2.45) is 0 Å². The summed E-state index contributed by atoms with van der Waals surface area (Å²) in [4.78, 5) is 25.3. The first-order chi connectivity index (χ1) is 7.27. The van der Waals surface area contributed by atoms with E-state index in [0.717, 1.165) is 25.9 Å². The molecule has 2 amide bonds. The Morgan fingerprint density at radius 1 is 1.33 bits per heavy atom. The fraction of sp³-hybridized carbons (Fsp3) is 0.800. The molecule has 0 bridgehead atoms. The van der Waals surface area contributed by atoms with Gasteiger partial charge in [-0.1, -0.05) is 0 Å². The maximum absolute atomic E-state index is 11.7. The zero-order valence-corrected chi connectivity index (χ0v) is 8.89. The van der Waals surface area contributed by atoms with Gasteiger partial charge in [-0.2, -0.15) is 0 Å². The van der Waals surface area contributed by atoms with Crippen molar-refractivity contribution in [3.63, 3.8) is 0 Å². The lowest BCUT2D eigenvalue weighted by atomic mass is 10.1. The van der Waals surface area contributed by atoms with Gasteiger partial charge in [0.25, 0.3) is 0 Å². The number of piperidine rings is 1. The smallest absolute Gasteiger partial charge is 0.242 e. The molecule has 0 aromatic rings. The van der Waals surface area contributed by atoms with Crippen LogP contribution in [0.25, 0.3) is 0 Å². The number of aliphatic hydroxyl groups excluding tert-OH is 1. The molecule has 86 valence electrons. The average Bonchev–Trinajstić information content (AvgIpc) is 2.29. The normalized spacial score (nSPS) is 16.2. The highest BCUT2D eigenvalue weighted by Crippen LogP contribution is 2.08. The molecule has 0 saturated carbocycles. The molecule has 5 nitrogen and oxygen atoms in total. The van der Waals surface area contributed by atoms with Gasteiger partial charge in [-0.15, -0.1) is 0 Å². The van der Waals surface area contributed by atoms with Gasteiger partial charge in [0.05, 0.1) is 13.2 Å². The number of aliphatic hydroxyl groups is 1. The molecule has 1 N–H and O–H groups in total. The molecule has 5 heteroatoms. The Labute approximate surface area is 89.7 Å². The quantitative estimate of drug-likeness (QED) is 0.625. The highest BCUT2D eigenvalue weighted by atomic mass is 16.3. The van der Waals surface area contributed by atoms with Gasteiger partial charge in [0.2, 0.25) is 12.3 Å². The van der Waals surface area contributed by atoms with Crippen LogP contribution >= 0.6 is 0 Å². The molecule has 0 aromatic heterocycles. The largest absolute Gasteiger partial charge is 0.395 e. The summed E-state index contributed by atoms with van der Waals surface area (Å²) >= 11 is 0. The monoisotopic (exact) mass is 214 g/mol. The predicted molar refractivity (Wildman–Crippen MR) is 55.2 cm³/mol. The third-order valence-corrected chi connectivity index (χ3v) is 2.58. The number of rotatable bonds is 5. The zero-order chi connectivity index (χ0) is 11.1. The number of carbonyl (C=O) groups excluding carboxylic acids is 2. The highest BCUT2D eigenvalue weighted by Gasteiger charge is 2.18. The summed E-state index contributed by atoms with van der Waals surface area (Å²) in [6.45, 7) is 1.80. The van der Waals surface area contributed by atoms with E-state index in [1.807, 2.05) is 0 Å². The first-order valence-corrected chi connectivity index (χ1v) is 5.36. The second-order valence-electron chi connectivity index (χ2n) is 3.74. The molecule has 0 unspecified atom stereocenters. The third-order valence-electron chi connectivity index (χ3n) is 2.58. The van der Waals surface area contributed by atoms with E-state index in [1.165, 1.54) is 11.3 Å². The molecule has 1 rings (SSSR count). The summed E-state index contributed by atoms with van der Waals surface area (Å²) in [5, 5.41) is 8.67. The van der Waals surface area contributed by atoms with E-state index < -0.39 is 0 Å². The minimum atomic E-state index is -0.105. The van der Waals surface area contributed by atoms with Gasteiger partial charge in [-0.25, -0.2) is 0 Å². The topological polar surface area (TPSA) is 60.9 Å². The van der Waals surface area contributed by atoms with Crippen molar-refractivity contribution in [1.82, 2.24) is 9.80 Å². The number of amides is 2. The molecule has 15 heavy (non-hydrogen) atoms. The van der Waals surface area contributed by atoms with Crippen LogP contribution in [-0.2, 0) is 9.59 Å². The molecular formula is C10H18N2O3. The van der Waals surface area contributed by atoms with E-state index >= 15 is 0 Å². The molecule has 1 fully saturated rings. The maximum atomic E-state index is 11.7. The SMILES string of the molecule is O=CN(CCO)CC(=O)N1CCCCC1. The fourth-order valence-corrected chi connectivity index (χ4v) is 1.71. The number of hydrogen-bond donors (Lipinski definition) is 1. The average molecular weight is 214 g/mol. The van der Waals surface area contributed by atoms with Crippen LogP contribution in [0.1, 0.15) is 19.3 Å². The Morgan fingerprint density at radius 2 is 2.00 bits per heavy atom. The predicted octanol–water partition coefficient (Wildman–Crippen LogP) is -0.550. The lowest BCUT2D eigenvalue weighted by molar-refractivity contribution is -0.136. The third kappa shape index (κ3) is 3.87. The van der Waals surface area contributed by atoms with Crippen molar-refractivity contribution in [2.45, 2.75) is 19.3 Å². The molecule has 1 heterocycles. The Bertz CT molecular complexity index is 215. The van der Waals surface area contributed by atoms with Crippen LogP contribution in [0, 0.1) is 0 Å². The molecule has 0 radical (unpaired) electrons. The van der Waals surface area contributed by atoms with E-state index in [1.54, 1.807) is 4.90 Å². The second kappa shape index (κ2) is 6.40. The maximum Gasteiger partial charge on any atom is 0.242 e. The van der Waals surface area contributed by atoms with E-state index in [2.05, 4.69) is 0 Å². The van der Waals surface area contributed by atoms with Gasteiger partial charge >= 0.3 is 0 Å². The fourth-order valence-electron chi connectivity index (χ4n) is 1.71. The Kier molecular flexibility index (Phi) is 5.10. The van der Waals surface area contributed by atoms with Crippen LogP contribution in [0.5, 0.6) is 0 Å². The molecule has 1 aliphatic heterocycles. The molecule has 0 aromatic carbocycles. The van der Waals surface area contributed by atoms with Crippen molar-refractivity contribution in [1.29, 1.82) is 0 Å². The molecule has 0 spiro atoms. The Hall–Kier alpha value is -1.10. The minimum Gasteiger partial charge on any atom is -0.395 e. The lowest BCUT2D eigenvalue weighted by Crippen LogP contribution is -2.43. The van der Waals surface area contributed by atoms with Gasteiger partial charge in [0, 0.05) is 19.6 Å². The molecule has 0 aliphatic carbocycles. The Balaban J connectivity index is 2.34. The number of nitrogens with zero attached hydrogens (tertiary/aromatic N) is 2. The lowest BCUT2D eigenvalue weighted by Gasteiger charge is -2.28. The van der Waals surface area contributed by atoms with Crippen molar-refractivity contribution in [2.75, 3.05) is 32.8 Å². The van der Waals surface area contributed by atoms with E-state index in [4.69, 9.17) is 5.11 Å². The summed E-state index contributed by atoms with van der Waals surface area (Å²) in [6.07, 6.45) is 3.88. The van der Waals surface area contributed by atoms with Gasteiger partial charge < -0.3 is 14.9 Å². The van der Waals surface area contributed by atoms with Crippen molar-refractivity contribution < 1.29 is 14.7 Å². The van der Waals surface area contributed by atoms with Crippen molar-refractivity contribution >= 4 is 12.3 Å². The summed E-state index contributed by atoms with van der Waals surface area (Å²) in [6, 6.07) is 0. The van der Waals surface area contributed by atoms with Crippen LogP contribution in [0.15, 0.2) is 0 Å². The summed E-state index contributed by atoms with van der Waals surface area (Å²) in [5.41, 5.74) is 0. The van der Waals surface area contributed by atoms with Crippen LogP contribution in [-0.4, -0.2) is 60.0 Å². The highest BCUT2D eigenvalue weighted by molar-refractivity contribution is 5.80. The van der Waals surface area contributed by atoms with E-state index in [-0.39, 0.29) is 25.6 Å². The molecule has 0 atom stereocenters.